The van der Waals surface area contributed by atoms with Gasteiger partial charge in [-0.15, -0.1) is 0 Å². The molecule has 1 saturated heterocycles. The van der Waals surface area contributed by atoms with E-state index in [0.29, 0.717) is 23.5 Å². The first-order chi connectivity index (χ1) is 20.6. The number of piperazine rings is 1. The first-order valence-electron chi connectivity index (χ1n) is 14.2. The van der Waals surface area contributed by atoms with Crippen molar-refractivity contribution < 1.29 is 19.1 Å². The van der Waals surface area contributed by atoms with Crippen molar-refractivity contribution in [2.45, 2.75) is 6.42 Å². The second-order valence-corrected chi connectivity index (χ2v) is 10.0. The van der Waals surface area contributed by atoms with Crippen molar-refractivity contribution in [3.63, 3.8) is 0 Å². The van der Waals surface area contributed by atoms with E-state index in [0.717, 1.165) is 55.3 Å². The Hall–Kier alpha value is -4.98. The molecule has 1 heterocycles. The second-order valence-electron chi connectivity index (χ2n) is 10.0. The number of anilines is 3. The molecule has 8 heteroatoms. The first kappa shape index (κ1) is 28.5. The molecule has 0 saturated carbocycles. The van der Waals surface area contributed by atoms with Gasteiger partial charge in [-0.05, 0) is 54.4 Å². The molecule has 0 aliphatic carbocycles. The second kappa shape index (κ2) is 14.1. The van der Waals surface area contributed by atoms with Gasteiger partial charge in [0.2, 0.25) is 0 Å². The minimum atomic E-state index is -0.299. The molecule has 4 aromatic carbocycles. The molecule has 2 amide bonds. The van der Waals surface area contributed by atoms with Crippen LogP contribution in [0.1, 0.15) is 15.9 Å². The van der Waals surface area contributed by atoms with Gasteiger partial charge in [-0.3, -0.25) is 9.59 Å². The molecule has 5 rings (SSSR count). The first-order valence-corrected chi connectivity index (χ1v) is 14.2. The van der Waals surface area contributed by atoms with Crippen LogP contribution in [0.3, 0.4) is 0 Å². The minimum absolute atomic E-state index is 0.130. The van der Waals surface area contributed by atoms with E-state index in [1.807, 2.05) is 78.9 Å². The van der Waals surface area contributed by atoms with Gasteiger partial charge in [-0.1, -0.05) is 60.7 Å². The van der Waals surface area contributed by atoms with Crippen LogP contribution in [0.4, 0.5) is 17.1 Å². The molecule has 0 spiro atoms. The fourth-order valence-electron chi connectivity index (χ4n) is 5.07. The number of para-hydroxylation sites is 3. The van der Waals surface area contributed by atoms with Crippen LogP contribution in [0.25, 0.3) is 0 Å². The Bertz CT molecular complexity index is 1470. The maximum atomic E-state index is 13.5. The van der Waals surface area contributed by atoms with Gasteiger partial charge in [-0.2, -0.15) is 0 Å². The van der Waals surface area contributed by atoms with E-state index in [1.54, 1.807) is 25.3 Å². The van der Waals surface area contributed by atoms with Crippen molar-refractivity contribution in [2.75, 3.05) is 61.6 Å². The Kier molecular flexibility index (Phi) is 9.57. The molecule has 1 aliphatic rings. The third-order valence-corrected chi connectivity index (χ3v) is 7.23. The van der Waals surface area contributed by atoms with E-state index in [-0.39, 0.29) is 18.4 Å². The van der Waals surface area contributed by atoms with Crippen molar-refractivity contribution >= 4 is 28.9 Å². The van der Waals surface area contributed by atoms with E-state index in [4.69, 9.17) is 9.47 Å². The lowest BCUT2D eigenvalue weighted by Crippen LogP contribution is -2.47. The highest BCUT2D eigenvalue weighted by molar-refractivity contribution is 6.02. The van der Waals surface area contributed by atoms with E-state index in [2.05, 4.69) is 26.5 Å². The fraction of sp³-hybridized carbons (Fsp3) is 0.235. The number of methoxy groups -OCH3 is 1. The summed E-state index contributed by atoms with van der Waals surface area (Å²) in [5, 5.41) is 5.95. The number of nitrogens with zero attached hydrogens (tertiary/aromatic N) is 2. The Labute approximate surface area is 246 Å². The van der Waals surface area contributed by atoms with Crippen LogP contribution in [-0.2, 0) is 11.2 Å². The lowest BCUT2D eigenvalue weighted by atomic mass is 10.1. The predicted octanol–water partition coefficient (Wildman–Crippen LogP) is 5.01. The molecule has 4 aromatic rings. The summed E-state index contributed by atoms with van der Waals surface area (Å²) in [5.41, 5.74) is 4.13. The highest BCUT2D eigenvalue weighted by atomic mass is 16.5. The highest BCUT2D eigenvalue weighted by Gasteiger charge is 2.24. The molecule has 1 aliphatic heterocycles. The Morgan fingerprint density at radius 3 is 2.12 bits per heavy atom. The molecule has 0 bridgehead atoms. The molecule has 0 atom stereocenters. The topological polar surface area (TPSA) is 83.1 Å². The van der Waals surface area contributed by atoms with Crippen molar-refractivity contribution in [2.24, 2.45) is 0 Å². The summed E-state index contributed by atoms with van der Waals surface area (Å²) >= 11 is 0. The van der Waals surface area contributed by atoms with Gasteiger partial charge in [-0.25, -0.2) is 0 Å². The predicted molar refractivity (Wildman–Crippen MR) is 167 cm³/mol. The number of nitrogens with one attached hydrogen (secondary N) is 2. The number of carbonyl (C=O) groups is 2. The zero-order chi connectivity index (χ0) is 29.1. The van der Waals surface area contributed by atoms with Gasteiger partial charge >= 0.3 is 0 Å². The number of benzene rings is 4. The summed E-state index contributed by atoms with van der Waals surface area (Å²) in [6.07, 6.45) is 0.729. The van der Waals surface area contributed by atoms with Crippen molar-refractivity contribution in [3.05, 3.63) is 114 Å². The van der Waals surface area contributed by atoms with Crippen LogP contribution in [0, 0.1) is 0 Å². The summed E-state index contributed by atoms with van der Waals surface area (Å²) in [6.45, 7) is 3.41. The standard InChI is InChI=1S/C34H36N4O4/c1-41-32-15-9-8-14-31(32)38-22-20-37(21-23-38)30-17-16-27(36-33(39)25-42-28-12-6-3-7-13-28)24-29(30)34(40)35-19-18-26-10-4-2-5-11-26/h2-17,24H,18-23,25H2,1H3,(H,35,40)(H,36,39). The zero-order valence-electron chi connectivity index (χ0n) is 23.8. The number of hydrogen-bond acceptors (Lipinski definition) is 6. The monoisotopic (exact) mass is 564 g/mol. The zero-order valence-corrected chi connectivity index (χ0v) is 23.8. The maximum Gasteiger partial charge on any atom is 0.262 e. The smallest absolute Gasteiger partial charge is 0.262 e. The van der Waals surface area contributed by atoms with Gasteiger partial charge in [0, 0.05) is 44.1 Å². The molecular formula is C34H36N4O4. The largest absolute Gasteiger partial charge is 0.495 e. The van der Waals surface area contributed by atoms with Crippen LogP contribution < -0.4 is 29.9 Å². The third-order valence-electron chi connectivity index (χ3n) is 7.23. The quantitative estimate of drug-likeness (QED) is 0.267. The molecule has 8 nitrogen and oxygen atoms in total. The molecule has 0 radical (unpaired) electrons. The number of rotatable bonds is 11. The van der Waals surface area contributed by atoms with Crippen LogP contribution >= 0.6 is 0 Å². The summed E-state index contributed by atoms with van der Waals surface area (Å²) < 4.78 is 11.1. The Morgan fingerprint density at radius 2 is 1.40 bits per heavy atom. The lowest BCUT2D eigenvalue weighted by molar-refractivity contribution is -0.118. The Morgan fingerprint density at radius 1 is 0.762 bits per heavy atom. The van der Waals surface area contributed by atoms with Gasteiger partial charge in [0.05, 0.1) is 18.4 Å². The van der Waals surface area contributed by atoms with Crippen molar-refractivity contribution in [3.8, 4) is 11.5 Å². The molecule has 0 unspecified atom stereocenters. The average molecular weight is 565 g/mol. The SMILES string of the molecule is COc1ccccc1N1CCN(c2ccc(NC(=O)COc3ccccc3)cc2C(=O)NCCc2ccccc2)CC1. The summed E-state index contributed by atoms with van der Waals surface area (Å²) in [6, 6.07) is 32.8. The maximum absolute atomic E-state index is 13.5. The summed E-state index contributed by atoms with van der Waals surface area (Å²) in [5.74, 6) is 0.992. The fourth-order valence-corrected chi connectivity index (χ4v) is 5.07. The highest BCUT2D eigenvalue weighted by Crippen LogP contribution is 2.31. The van der Waals surface area contributed by atoms with E-state index in [1.165, 1.54) is 0 Å². The van der Waals surface area contributed by atoms with Crippen molar-refractivity contribution in [1.29, 1.82) is 0 Å². The lowest BCUT2D eigenvalue weighted by Gasteiger charge is -2.38. The normalized spacial score (nSPS) is 12.9. The van der Waals surface area contributed by atoms with E-state index >= 15 is 0 Å². The molecule has 216 valence electrons. The number of ether oxygens (including phenoxy) is 2. The Balaban J connectivity index is 1.29. The molecule has 42 heavy (non-hydrogen) atoms. The van der Waals surface area contributed by atoms with Crippen LogP contribution in [0.2, 0.25) is 0 Å². The summed E-state index contributed by atoms with van der Waals surface area (Å²) in [7, 11) is 1.69. The number of amides is 2. The van der Waals surface area contributed by atoms with Crippen LogP contribution in [0.5, 0.6) is 11.5 Å². The summed E-state index contributed by atoms with van der Waals surface area (Å²) in [4.78, 5) is 30.7. The number of carbonyl (C=O) groups excluding carboxylic acids is 2. The molecule has 0 aromatic heterocycles. The average Bonchev–Trinajstić information content (AvgIpc) is 3.05. The van der Waals surface area contributed by atoms with Gasteiger partial charge in [0.1, 0.15) is 11.5 Å². The molecule has 1 fully saturated rings. The van der Waals surface area contributed by atoms with Crippen LogP contribution in [-0.4, -0.2) is 58.3 Å². The molecular weight excluding hydrogens is 528 g/mol. The van der Waals surface area contributed by atoms with E-state index in [9.17, 15) is 9.59 Å². The van der Waals surface area contributed by atoms with Gasteiger partial charge < -0.3 is 29.9 Å². The van der Waals surface area contributed by atoms with Crippen molar-refractivity contribution in [1.82, 2.24) is 5.32 Å². The molecule has 2 N–H and O–H groups in total. The van der Waals surface area contributed by atoms with Gasteiger partial charge in [0.25, 0.3) is 11.8 Å². The van der Waals surface area contributed by atoms with Crippen LogP contribution in [0.15, 0.2) is 103 Å². The number of hydrogen-bond donors (Lipinski definition) is 2. The van der Waals surface area contributed by atoms with E-state index < -0.39 is 0 Å². The van der Waals surface area contributed by atoms with Gasteiger partial charge in [0.15, 0.2) is 6.61 Å². The third kappa shape index (κ3) is 7.40. The minimum Gasteiger partial charge on any atom is -0.495 e.